The molecule has 0 radical (unpaired) electrons. The molecule has 2 heterocycles. The standard InChI is InChI=1S/C17H24N4O/c1-2-9-21-10-7-17(8-11-21)12-15(20-22-17)13-3-5-14(6-4-13)16(18)19/h3-6H,2,7-12H2,1H3,(H3,18,19). The Hall–Kier alpha value is -1.88. The number of nitrogen functional groups attached to an aromatic ring is 1. The molecule has 3 rings (SSSR count). The zero-order chi connectivity index (χ0) is 15.6. The van der Waals surface area contributed by atoms with E-state index in [0.717, 1.165) is 49.2 Å². The predicted molar refractivity (Wildman–Crippen MR) is 88.4 cm³/mol. The van der Waals surface area contributed by atoms with Crippen molar-refractivity contribution in [1.29, 1.82) is 5.41 Å². The smallest absolute Gasteiger partial charge is 0.145 e. The fraction of sp³-hybridized carbons (Fsp3) is 0.529. The molecule has 1 spiro atoms. The number of nitrogens with one attached hydrogen (secondary N) is 1. The molecule has 2 aliphatic rings. The van der Waals surface area contributed by atoms with Gasteiger partial charge in [0.05, 0.1) is 5.71 Å². The molecule has 1 aromatic carbocycles. The average molecular weight is 300 g/mol. The highest BCUT2D eigenvalue weighted by Crippen LogP contribution is 2.36. The number of benzene rings is 1. The Kier molecular flexibility index (Phi) is 4.16. The normalized spacial score (nSPS) is 20.7. The Balaban J connectivity index is 1.63. The molecule has 2 aliphatic heterocycles. The number of oxime groups is 1. The van der Waals surface area contributed by atoms with E-state index in [-0.39, 0.29) is 11.4 Å². The fourth-order valence-electron chi connectivity index (χ4n) is 3.29. The molecule has 1 fully saturated rings. The lowest BCUT2D eigenvalue weighted by Crippen LogP contribution is -2.44. The van der Waals surface area contributed by atoms with Gasteiger partial charge < -0.3 is 15.5 Å². The van der Waals surface area contributed by atoms with E-state index >= 15 is 0 Å². The van der Waals surface area contributed by atoms with Crippen LogP contribution >= 0.6 is 0 Å². The summed E-state index contributed by atoms with van der Waals surface area (Å²) in [4.78, 5) is 8.36. The van der Waals surface area contributed by atoms with Gasteiger partial charge in [0.2, 0.25) is 0 Å². The molecule has 5 heteroatoms. The molecule has 5 nitrogen and oxygen atoms in total. The zero-order valence-corrected chi connectivity index (χ0v) is 13.1. The predicted octanol–water partition coefficient (Wildman–Crippen LogP) is 2.34. The summed E-state index contributed by atoms with van der Waals surface area (Å²) in [5, 5.41) is 11.8. The van der Waals surface area contributed by atoms with Gasteiger partial charge in [0.1, 0.15) is 11.4 Å². The number of hydrogen-bond donors (Lipinski definition) is 2. The minimum atomic E-state index is -0.0984. The van der Waals surface area contributed by atoms with Crippen LogP contribution < -0.4 is 5.73 Å². The number of hydrogen-bond acceptors (Lipinski definition) is 4. The average Bonchev–Trinajstić information content (AvgIpc) is 2.94. The van der Waals surface area contributed by atoms with Gasteiger partial charge in [0.15, 0.2) is 0 Å². The maximum Gasteiger partial charge on any atom is 0.145 e. The van der Waals surface area contributed by atoms with Gasteiger partial charge in [-0.3, -0.25) is 5.41 Å². The number of piperidine rings is 1. The molecule has 118 valence electrons. The minimum absolute atomic E-state index is 0.0935. The Bertz CT molecular complexity index is 571. The van der Waals surface area contributed by atoms with E-state index < -0.39 is 0 Å². The van der Waals surface area contributed by atoms with Crippen molar-refractivity contribution in [1.82, 2.24) is 4.90 Å². The van der Waals surface area contributed by atoms with Crippen LogP contribution in [0.25, 0.3) is 0 Å². The lowest BCUT2D eigenvalue weighted by atomic mass is 9.85. The van der Waals surface area contributed by atoms with E-state index in [1.54, 1.807) is 0 Å². The van der Waals surface area contributed by atoms with Crippen LogP contribution in [0.1, 0.15) is 43.7 Å². The molecule has 0 bridgehead atoms. The molecule has 3 N–H and O–H groups in total. The number of likely N-dealkylation sites (tertiary alicyclic amines) is 1. The fourth-order valence-corrected chi connectivity index (χ4v) is 3.29. The molecule has 0 amide bonds. The van der Waals surface area contributed by atoms with E-state index in [2.05, 4.69) is 17.0 Å². The first-order valence-corrected chi connectivity index (χ1v) is 8.04. The zero-order valence-electron chi connectivity index (χ0n) is 13.1. The highest BCUT2D eigenvalue weighted by atomic mass is 16.7. The van der Waals surface area contributed by atoms with Crippen LogP contribution in [-0.2, 0) is 4.84 Å². The van der Waals surface area contributed by atoms with Crippen LogP contribution in [0, 0.1) is 5.41 Å². The third kappa shape index (κ3) is 2.99. The van der Waals surface area contributed by atoms with Crippen molar-refractivity contribution in [2.75, 3.05) is 19.6 Å². The second kappa shape index (κ2) is 6.08. The van der Waals surface area contributed by atoms with Crippen molar-refractivity contribution in [2.45, 2.75) is 38.2 Å². The van der Waals surface area contributed by atoms with Gasteiger partial charge in [-0.1, -0.05) is 36.3 Å². The molecular weight excluding hydrogens is 276 g/mol. The van der Waals surface area contributed by atoms with Crippen LogP contribution in [0.5, 0.6) is 0 Å². The number of amidine groups is 1. The van der Waals surface area contributed by atoms with Crippen molar-refractivity contribution < 1.29 is 4.84 Å². The molecule has 22 heavy (non-hydrogen) atoms. The second-order valence-corrected chi connectivity index (χ2v) is 6.32. The van der Waals surface area contributed by atoms with Crippen LogP contribution in [0.4, 0.5) is 0 Å². The van der Waals surface area contributed by atoms with Crippen molar-refractivity contribution >= 4 is 11.5 Å². The largest absolute Gasteiger partial charge is 0.388 e. The van der Waals surface area contributed by atoms with Gasteiger partial charge in [-0.2, -0.15) is 0 Å². The summed E-state index contributed by atoms with van der Waals surface area (Å²) in [7, 11) is 0. The van der Waals surface area contributed by atoms with Crippen molar-refractivity contribution in [3.63, 3.8) is 0 Å². The number of rotatable bonds is 4. The number of nitrogens with zero attached hydrogens (tertiary/aromatic N) is 2. The number of nitrogens with two attached hydrogens (primary N) is 1. The second-order valence-electron chi connectivity index (χ2n) is 6.32. The molecule has 0 aromatic heterocycles. The first-order chi connectivity index (χ1) is 10.6. The quantitative estimate of drug-likeness (QED) is 0.662. The van der Waals surface area contributed by atoms with Gasteiger partial charge in [0, 0.05) is 37.9 Å². The van der Waals surface area contributed by atoms with Crippen molar-refractivity contribution in [2.24, 2.45) is 10.9 Å². The van der Waals surface area contributed by atoms with Crippen LogP contribution in [0.2, 0.25) is 0 Å². The van der Waals surface area contributed by atoms with E-state index in [1.807, 2.05) is 24.3 Å². The van der Waals surface area contributed by atoms with Crippen molar-refractivity contribution in [3.8, 4) is 0 Å². The van der Waals surface area contributed by atoms with Gasteiger partial charge in [-0.05, 0) is 18.5 Å². The Morgan fingerprint density at radius 1 is 1.32 bits per heavy atom. The summed E-state index contributed by atoms with van der Waals surface area (Å²) < 4.78 is 0. The van der Waals surface area contributed by atoms with Crippen molar-refractivity contribution in [3.05, 3.63) is 35.4 Å². The third-order valence-electron chi connectivity index (χ3n) is 4.68. The minimum Gasteiger partial charge on any atom is -0.388 e. The topological polar surface area (TPSA) is 74.7 Å². The molecule has 0 aliphatic carbocycles. The first-order valence-electron chi connectivity index (χ1n) is 8.04. The van der Waals surface area contributed by atoms with E-state index in [1.165, 1.54) is 13.0 Å². The maximum atomic E-state index is 7.44. The summed E-state index contributed by atoms with van der Waals surface area (Å²) in [6, 6.07) is 7.69. The summed E-state index contributed by atoms with van der Waals surface area (Å²) in [5.41, 5.74) is 8.21. The highest BCUT2D eigenvalue weighted by molar-refractivity contribution is 6.03. The maximum absolute atomic E-state index is 7.44. The summed E-state index contributed by atoms with van der Waals surface area (Å²) in [6.45, 7) is 5.60. The van der Waals surface area contributed by atoms with E-state index in [0.29, 0.717) is 0 Å². The monoisotopic (exact) mass is 300 g/mol. The Morgan fingerprint density at radius 3 is 2.59 bits per heavy atom. The Labute approximate surface area is 131 Å². The highest BCUT2D eigenvalue weighted by Gasteiger charge is 2.42. The molecule has 1 aromatic rings. The lowest BCUT2D eigenvalue weighted by Gasteiger charge is -2.37. The van der Waals surface area contributed by atoms with Gasteiger partial charge in [0.25, 0.3) is 0 Å². The van der Waals surface area contributed by atoms with E-state index in [9.17, 15) is 0 Å². The Morgan fingerprint density at radius 2 is 2.00 bits per heavy atom. The molecule has 1 saturated heterocycles. The van der Waals surface area contributed by atoms with Crippen LogP contribution in [0.3, 0.4) is 0 Å². The van der Waals surface area contributed by atoms with Crippen LogP contribution in [-0.4, -0.2) is 41.7 Å². The first kappa shape index (κ1) is 15.0. The van der Waals surface area contributed by atoms with Crippen LogP contribution in [0.15, 0.2) is 29.4 Å². The van der Waals surface area contributed by atoms with E-state index in [4.69, 9.17) is 16.0 Å². The molecular formula is C17H24N4O. The summed E-state index contributed by atoms with van der Waals surface area (Å²) >= 11 is 0. The van der Waals surface area contributed by atoms with Gasteiger partial charge in [-0.15, -0.1) is 0 Å². The molecule has 0 unspecified atom stereocenters. The van der Waals surface area contributed by atoms with Gasteiger partial charge in [-0.25, -0.2) is 0 Å². The lowest BCUT2D eigenvalue weighted by molar-refractivity contribution is -0.0613. The molecule has 0 atom stereocenters. The SMILES string of the molecule is CCCN1CCC2(CC1)CC(c1ccc(C(=N)N)cc1)=NO2. The third-order valence-corrected chi connectivity index (χ3v) is 4.68. The summed E-state index contributed by atoms with van der Waals surface area (Å²) in [5.74, 6) is 0.0935. The summed E-state index contributed by atoms with van der Waals surface area (Å²) in [6.07, 6.45) is 4.18. The molecule has 0 saturated carbocycles. The van der Waals surface area contributed by atoms with Gasteiger partial charge >= 0.3 is 0 Å².